The van der Waals surface area contributed by atoms with Crippen LogP contribution in [-0.4, -0.2) is 0 Å². The summed E-state index contributed by atoms with van der Waals surface area (Å²) in [6.45, 7) is 9.09. The summed E-state index contributed by atoms with van der Waals surface area (Å²) in [5, 5.41) is 0. The number of para-hydroxylation sites is 1. The van der Waals surface area contributed by atoms with Crippen LogP contribution < -0.4 is 4.74 Å². The fourth-order valence-electron chi connectivity index (χ4n) is 3.83. The Balaban J connectivity index is 2.12. The largest absolute Gasteiger partial charge is 0.483 e. The Hall–Kier alpha value is -1.76. The molecular weight excluding hydrogens is 256 g/mol. The smallest absolute Gasteiger partial charge is 0.132 e. The fraction of sp³-hybridized carbons (Fsp3) is 0.400. The zero-order valence-corrected chi connectivity index (χ0v) is 13.4. The van der Waals surface area contributed by atoms with Gasteiger partial charge in [-0.15, -0.1) is 0 Å². The molecule has 0 saturated heterocycles. The molecule has 0 spiro atoms. The van der Waals surface area contributed by atoms with Crippen LogP contribution in [0.3, 0.4) is 0 Å². The van der Waals surface area contributed by atoms with E-state index in [4.69, 9.17) is 4.74 Å². The Kier molecular flexibility index (Phi) is 3.32. The standard InChI is InChI=1S/C20H24O/c1-5-15-10-6-7-11-16(15)20(4)14-19(2,3)17-12-8-9-13-18(17)21-20/h6-13H,5,14H2,1-4H3. The molecule has 1 heterocycles. The number of ether oxygens (including phenoxy) is 1. The van der Waals surface area contributed by atoms with E-state index in [-0.39, 0.29) is 11.0 Å². The van der Waals surface area contributed by atoms with E-state index in [1.165, 1.54) is 16.7 Å². The summed E-state index contributed by atoms with van der Waals surface area (Å²) in [4.78, 5) is 0. The molecule has 0 aliphatic carbocycles. The molecule has 0 saturated carbocycles. The Labute approximate surface area is 128 Å². The monoisotopic (exact) mass is 280 g/mol. The average molecular weight is 280 g/mol. The molecule has 0 radical (unpaired) electrons. The molecule has 1 heteroatoms. The first kappa shape index (κ1) is 14.2. The Morgan fingerprint density at radius 1 is 0.905 bits per heavy atom. The molecule has 3 rings (SSSR count). The van der Waals surface area contributed by atoms with E-state index in [1.807, 2.05) is 0 Å². The van der Waals surface area contributed by atoms with Gasteiger partial charge in [-0.2, -0.15) is 0 Å². The van der Waals surface area contributed by atoms with Crippen molar-refractivity contribution in [2.24, 2.45) is 0 Å². The third-order valence-electron chi connectivity index (χ3n) is 4.70. The molecule has 1 atom stereocenters. The van der Waals surface area contributed by atoms with Gasteiger partial charge in [0.2, 0.25) is 0 Å². The van der Waals surface area contributed by atoms with Crippen molar-refractivity contribution in [1.29, 1.82) is 0 Å². The molecule has 1 unspecified atom stereocenters. The number of fused-ring (bicyclic) bond motifs is 1. The van der Waals surface area contributed by atoms with E-state index >= 15 is 0 Å². The maximum atomic E-state index is 6.48. The Morgan fingerprint density at radius 3 is 2.24 bits per heavy atom. The third kappa shape index (κ3) is 2.35. The molecule has 0 fully saturated rings. The van der Waals surface area contributed by atoms with Crippen molar-refractivity contribution < 1.29 is 4.74 Å². The van der Waals surface area contributed by atoms with Crippen LogP contribution in [0.4, 0.5) is 0 Å². The molecule has 0 N–H and O–H groups in total. The highest BCUT2D eigenvalue weighted by atomic mass is 16.5. The molecule has 21 heavy (non-hydrogen) atoms. The first-order valence-electron chi connectivity index (χ1n) is 7.83. The van der Waals surface area contributed by atoms with Crippen LogP contribution in [0.1, 0.15) is 50.8 Å². The number of benzene rings is 2. The van der Waals surface area contributed by atoms with Gasteiger partial charge in [0, 0.05) is 6.42 Å². The molecule has 0 amide bonds. The van der Waals surface area contributed by atoms with E-state index in [0.717, 1.165) is 18.6 Å². The second-order valence-electron chi connectivity index (χ2n) is 6.90. The van der Waals surface area contributed by atoms with Gasteiger partial charge >= 0.3 is 0 Å². The first-order chi connectivity index (χ1) is 9.96. The summed E-state index contributed by atoms with van der Waals surface area (Å²) in [6.07, 6.45) is 2.03. The third-order valence-corrected chi connectivity index (χ3v) is 4.70. The van der Waals surface area contributed by atoms with Gasteiger partial charge in [0.25, 0.3) is 0 Å². The van der Waals surface area contributed by atoms with E-state index in [0.29, 0.717) is 0 Å². The van der Waals surface area contributed by atoms with E-state index in [2.05, 4.69) is 76.2 Å². The van der Waals surface area contributed by atoms with Crippen LogP contribution in [0.2, 0.25) is 0 Å². The van der Waals surface area contributed by atoms with Crippen molar-refractivity contribution in [1.82, 2.24) is 0 Å². The van der Waals surface area contributed by atoms with Crippen molar-refractivity contribution in [3.05, 3.63) is 65.2 Å². The van der Waals surface area contributed by atoms with E-state index < -0.39 is 0 Å². The molecule has 0 bridgehead atoms. The predicted molar refractivity (Wildman–Crippen MR) is 87.9 cm³/mol. The number of rotatable bonds is 2. The van der Waals surface area contributed by atoms with Crippen LogP contribution in [0.5, 0.6) is 5.75 Å². The summed E-state index contributed by atoms with van der Waals surface area (Å²) in [5.74, 6) is 1.03. The Bertz CT molecular complexity index is 656. The van der Waals surface area contributed by atoms with Gasteiger partial charge in [-0.05, 0) is 41.5 Å². The highest BCUT2D eigenvalue weighted by Crippen LogP contribution is 2.49. The van der Waals surface area contributed by atoms with Crippen LogP contribution in [-0.2, 0) is 17.4 Å². The lowest BCUT2D eigenvalue weighted by Gasteiger charge is -2.45. The first-order valence-corrected chi connectivity index (χ1v) is 7.83. The van der Waals surface area contributed by atoms with Crippen molar-refractivity contribution in [2.45, 2.75) is 51.6 Å². The molecule has 110 valence electrons. The average Bonchev–Trinajstić information content (AvgIpc) is 2.46. The number of hydrogen-bond donors (Lipinski definition) is 0. The van der Waals surface area contributed by atoms with Crippen LogP contribution in [0.15, 0.2) is 48.5 Å². The summed E-state index contributed by atoms with van der Waals surface area (Å²) >= 11 is 0. The minimum atomic E-state index is -0.259. The number of hydrogen-bond acceptors (Lipinski definition) is 1. The van der Waals surface area contributed by atoms with Gasteiger partial charge in [-0.25, -0.2) is 0 Å². The second-order valence-corrected chi connectivity index (χ2v) is 6.90. The van der Waals surface area contributed by atoms with Crippen molar-refractivity contribution in [3.63, 3.8) is 0 Å². The molecule has 2 aromatic carbocycles. The van der Waals surface area contributed by atoms with Crippen LogP contribution in [0.25, 0.3) is 0 Å². The van der Waals surface area contributed by atoms with Crippen molar-refractivity contribution in [3.8, 4) is 5.75 Å². The maximum Gasteiger partial charge on any atom is 0.132 e. The summed E-state index contributed by atoms with van der Waals surface area (Å²) in [7, 11) is 0. The van der Waals surface area contributed by atoms with Gasteiger partial charge in [0.15, 0.2) is 0 Å². The molecule has 0 aromatic heterocycles. The lowest BCUT2D eigenvalue weighted by Crippen LogP contribution is -2.42. The van der Waals surface area contributed by atoms with Gasteiger partial charge in [-0.1, -0.05) is 63.2 Å². The fourth-order valence-corrected chi connectivity index (χ4v) is 3.83. The van der Waals surface area contributed by atoms with Gasteiger partial charge < -0.3 is 4.74 Å². The molecule has 2 aromatic rings. The molecular formula is C20H24O. The van der Waals surface area contributed by atoms with Crippen LogP contribution >= 0.6 is 0 Å². The Morgan fingerprint density at radius 2 is 1.52 bits per heavy atom. The highest BCUT2D eigenvalue weighted by Gasteiger charge is 2.43. The molecule has 1 aliphatic rings. The van der Waals surface area contributed by atoms with Crippen molar-refractivity contribution >= 4 is 0 Å². The molecule has 1 aliphatic heterocycles. The minimum Gasteiger partial charge on any atom is -0.483 e. The lowest BCUT2D eigenvalue weighted by molar-refractivity contribution is 0.0317. The quantitative estimate of drug-likeness (QED) is 0.732. The van der Waals surface area contributed by atoms with Gasteiger partial charge in [-0.3, -0.25) is 0 Å². The van der Waals surface area contributed by atoms with E-state index in [9.17, 15) is 0 Å². The maximum absolute atomic E-state index is 6.48. The predicted octanol–water partition coefficient (Wildman–Crippen LogP) is 5.22. The normalized spacial score (nSPS) is 23.2. The minimum absolute atomic E-state index is 0.116. The van der Waals surface area contributed by atoms with Crippen LogP contribution in [0, 0.1) is 0 Å². The molecule has 1 nitrogen and oxygen atoms in total. The van der Waals surface area contributed by atoms with Gasteiger partial charge in [0.05, 0.1) is 0 Å². The van der Waals surface area contributed by atoms with Gasteiger partial charge in [0.1, 0.15) is 11.4 Å². The summed E-state index contributed by atoms with van der Waals surface area (Å²) in [6, 6.07) is 17.1. The highest BCUT2D eigenvalue weighted by molar-refractivity contribution is 5.45. The number of aryl methyl sites for hydroxylation is 1. The van der Waals surface area contributed by atoms with E-state index in [1.54, 1.807) is 0 Å². The second kappa shape index (κ2) is 4.91. The van der Waals surface area contributed by atoms with Crippen molar-refractivity contribution in [2.75, 3.05) is 0 Å². The SMILES string of the molecule is CCc1ccccc1C1(C)CC(C)(C)c2ccccc2O1. The lowest BCUT2D eigenvalue weighted by atomic mass is 9.70. The zero-order chi connectivity index (χ0) is 15.1. The topological polar surface area (TPSA) is 9.23 Å². The summed E-state index contributed by atoms with van der Waals surface area (Å²) < 4.78 is 6.48. The summed E-state index contributed by atoms with van der Waals surface area (Å²) in [5.41, 5.74) is 3.89. The zero-order valence-electron chi connectivity index (χ0n) is 13.4.